The van der Waals surface area contributed by atoms with E-state index in [1.54, 1.807) is 32.4 Å². The second-order valence-corrected chi connectivity index (χ2v) is 7.66. The first-order valence-electron chi connectivity index (χ1n) is 10.2. The van der Waals surface area contributed by atoms with Crippen LogP contribution in [0.4, 0.5) is 5.69 Å². The van der Waals surface area contributed by atoms with E-state index >= 15 is 0 Å². The number of nitrogens with zero attached hydrogens (tertiary/aromatic N) is 1. The Morgan fingerprint density at radius 1 is 1.07 bits per heavy atom. The van der Waals surface area contributed by atoms with E-state index in [-0.39, 0.29) is 11.9 Å². The third-order valence-electron chi connectivity index (χ3n) is 5.66. The van der Waals surface area contributed by atoms with Crippen LogP contribution in [0.3, 0.4) is 0 Å². The Morgan fingerprint density at radius 3 is 2.34 bits per heavy atom. The Bertz CT molecular complexity index is 815. The van der Waals surface area contributed by atoms with Gasteiger partial charge in [-0.3, -0.25) is 4.79 Å². The fourth-order valence-corrected chi connectivity index (χ4v) is 4.04. The summed E-state index contributed by atoms with van der Waals surface area (Å²) in [5, 5.41) is 3.13. The maximum atomic E-state index is 12.9. The predicted octanol–water partition coefficient (Wildman–Crippen LogP) is 1.92. The molecule has 29 heavy (non-hydrogen) atoms. The minimum Gasteiger partial charge on any atom is -0.493 e. The lowest BCUT2D eigenvalue weighted by Crippen LogP contribution is -3.11. The normalized spacial score (nSPS) is 15.0. The molecule has 0 saturated carbocycles. The van der Waals surface area contributed by atoms with E-state index in [0.29, 0.717) is 23.6 Å². The second-order valence-electron chi connectivity index (χ2n) is 7.66. The summed E-state index contributed by atoms with van der Waals surface area (Å²) in [4.78, 5) is 16.5. The van der Waals surface area contributed by atoms with Crippen LogP contribution in [0.25, 0.3) is 0 Å². The first kappa shape index (κ1) is 21.0. The third-order valence-corrected chi connectivity index (χ3v) is 5.66. The summed E-state index contributed by atoms with van der Waals surface area (Å²) >= 11 is 0. The van der Waals surface area contributed by atoms with Gasteiger partial charge in [0.15, 0.2) is 11.5 Å². The smallest absolute Gasteiger partial charge is 0.255 e. The van der Waals surface area contributed by atoms with Crippen molar-refractivity contribution in [3.63, 3.8) is 0 Å². The molecular formula is C23H32N3O3+. The number of carbonyl (C=O) groups is 1. The Labute approximate surface area is 173 Å². The number of methoxy groups -OCH3 is 2. The van der Waals surface area contributed by atoms with Crippen molar-refractivity contribution < 1.29 is 19.2 Å². The number of quaternary nitrogens is 1. The molecule has 0 radical (unpaired) electrons. The highest BCUT2D eigenvalue weighted by molar-refractivity contribution is 5.97. The Hall–Kier alpha value is -2.73. The fraction of sp³-hybridized carbons (Fsp3) is 0.435. The maximum absolute atomic E-state index is 12.9. The van der Waals surface area contributed by atoms with Crippen LogP contribution in [0.2, 0.25) is 0 Å². The average Bonchev–Trinajstić information content (AvgIpc) is 3.27. The summed E-state index contributed by atoms with van der Waals surface area (Å²) in [7, 11) is 7.21. The van der Waals surface area contributed by atoms with Crippen LogP contribution in [0.1, 0.15) is 34.8 Å². The molecule has 1 fully saturated rings. The Balaban J connectivity index is 1.78. The van der Waals surface area contributed by atoms with Gasteiger partial charge in [-0.25, -0.2) is 0 Å². The lowest BCUT2D eigenvalue weighted by atomic mass is 10.0. The van der Waals surface area contributed by atoms with Crippen molar-refractivity contribution in [1.29, 1.82) is 0 Å². The van der Waals surface area contributed by atoms with Gasteiger partial charge in [-0.15, -0.1) is 0 Å². The number of nitrogens with one attached hydrogen (secondary N) is 2. The van der Waals surface area contributed by atoms with E-state index in [1.807, 2.05) is 14.1 Å². The summed E-state index contributed by atoms with van der Waals surface area (Å²) in [6.07, 6.45) is 2.47. The molecule has 6 nitrogen and oxygen atoms in total. The number of rotatable bonds is 8. The molecule has 0 bridgehead atoms. The van der Waals surface area contributed by atoms with Gasteiger partial charge in [0.25, 0.3) is 5.91 Å². The molecule has 2 N–H and O–H groups in total. The van der Waals surface area contributed by atoms with Crippen molar-refractivity contribution >= 4 is 11.6 Å². The highest BCUT2D eigenvalue weighted by Gasteiger charge is 2.28. The van der Waals surface area contributed by atoms with Crippen molar-refractivity contribution in [2.45, 2.75) is 18.9 Å². The van der Waals surface area contributed by atoms with E-state index < -0.39 is 0 Å². The van der Waals surface area contributed by atoms with Gasteiger partial charge < -0.3 is 24.6 Å². The number of hydrogen-bond acceptors (Lipinski definition) is 4. The van der Waals surface area contributed by atoms with Crippen molar-refractivity contribution in [3.8, 4) is 11.5 Å². The number of anilines is 1. The zero-order valence-electron chi connectivity index (χ0n) is 17.8. The summed E-state index contributed by atoms with van der Waals surface area (Å²) in [5.74, 6) is 0.878. The fourth-order valence-electron chi connectivity index (χ4n) is 4.04. The van der Waals surface area contributed by atoms with Crippen LogP contribution in [0.5, 0.6) is 11.5 Å². The van der Waals surface area contributed by atoms with E-state index in [2.05, 4.69) is 34.5 Å². The van der Waals surface area contributed by atoms with Crippen LogP contribution in [-0.4, -0.2) is 53.9 Å². The molecule has 0 aromatic heterocycles. The van der Waals surface area contributed by atoms with Crippen LogP contribution >= 0.6 is 0 Å². The third kappa shape index (κ3) is 4.82. The number of benzene rings is 2. The highest BCUT2D eigenvalue weighted by Crippen LogP contribution is 2.30. The summed E-state index contributed by atoms with van der Waals surface area (Å²) < 4.78 is 10.7. The van der Waals surface area contributed by atoms with Crippen LogP contribution in [0, 0.1) is 0 Å². The van der Waals surface area contributed by atoms with Gasteiger partial charge in [0, 0.05) is 38.2 Å². The lowest BCUT2D eigenvalue weighted by molar-refractivity contribution is -0.918. The maximum Gasteiger partial charge on any atom is 0.255 e. The molecule has 1 amide bonds. The second kappa shape index (κ2) is 9.65. The van der Waals surface area contributed by atoms with E-state index in [4.69, 9.17) is 9.47 Å². The van der Waals surface area contributed by atoms with Gasteiger partial charge in [-0.05, 0) is 24.3 Å². The number of likely N-dealkylation sites (tertiary alicyclic amines) is 1. The molecule has 6 heteroatoms. The Morgan fingerprint density at radius 2 is 1.76 bits per heavy atom. The summed E-state index contributed by atoms with van der Waals surface area (Å²) in [6, 6.07) is 14.2. The van der Waals surface area contributed by atoms with Crippen molar-refractivity contribution in [1.82, 2.24) is 5.32 Å². The molecule has 1 aliphatic heterocycles. The molecule has 3 rings (SSSR count). The molecule has 1 heterocycles. The molecule has 156 valence electrons. The van der Waals surface area contributed by atoms with Gasteiger partial charge in [-0.1, -0.05) is 18.2 Å². The molecule has 1 atom stereocenters. The van der Waals surface area contributed by atoms with E-state index in [9.17, 15) is 4.79 Å². The van der Waals surface area contributed by atoms with Crippen molar-refractivity contribution in [2.75, 3.05) is 52.8 Å². The standard InChI is InChI=1S/C23H31N3O3/c1-25(2)18-12-10-17(11-13-18)20(26-14-5-6-15-26)16-24-23(27)19-8-7-9-21(28-3)22(19)29-4/h7-13,20H,5-6,14-16H2,1-4H3,(H,24,27)/p+1/t20-/m1/s1. The minimum atomic E-state index is -0.144. The van der Waals surface area contributed by atoms with Crippen molar-refractivity contribution in [3.05, 3.63) is 53.6 Å². The van der Waals surface area contributed by atoms with Gasteiger partial charge in [0.1, 0.15) is 6.04 Å². The first-order valence-corrected chi connectivity index (χ1v) is 10.2. The summed E-state index contributed by atoms with van der Waals surface area (Å²) in [5.41, 5.74) is 2.92. The van der Waals surface area contributed by atoms with Crippen molar-refractivity contribution in [2.24, 2.45) is 0 Å². The zero-order chi connectivity index (χ0) is 20.8. The van der Waals surface area contributed by atoms with Crippen LogP contribution in [0.15, 0.2) is 42.5 Å². The molecule has 0 spiro atoms. The van der Waals surface area contributed by atoms with Gasteiger partial charge in [0.2, 0.25) is 0 Å². The molecule has 0 unspecified atom stereocenters. The molecule has 2 aromatic carbocycles. The van der Waals surface area contributed by atoms with Crippen LogP contribution in [-0.2, 0) is 0 Å². The quantitative estimate of drug-likeness (QED) is 0.713. The number of amides is 1. The number of hydrogen-bond donors (Lipinski definition) is 2. The SMILES string of the molecule is COc1cccc(C(=O)NC[C@H](c2ccc(N(C)C)cc2)[NH+]2CCCC2)c1OC. The molecule has 0 aliphatic carbocycles. The number of carbonyl (C=O) groups excluding carboxylic acids is 1. The first-order chi connectivity index (χ1) is 14.0. The predicted molar refractivity (Wildman–Crippen MR) is 115 cm³/mol. The highest BCUT2D eigenvalue weighted by atomic mass is 16.5. The minimum absolute atomic E-state index is 0.144. The number of para-hydroxylation sites is 1. The Kier molecular flexibility index (Phi) is 6.99. The molecular weight excluding hydrogens is 366 g/mol. The average molecular weight is 399 g/mol. The summed E-state index contributed by atoms with van der Waals surface area (Å²) in [6.45, 7) is 2.85. The van der Waals surface area contributed by atoms with E-state index in [0.717, 1.165) is 13.1 Å². The number of ether oxygens (including phenoxy) is 2. The van der Waals surface area contributed by atoms with Gasteiger partial charge >= 0.3 is 0 Å². The monoisotopic (exact) mass is 398 g/mol. The molecule has 1 saturated heterocycles. The lowest BCUT2D eigenvalue weighted by Gasteiger charge is -2.26. The van der Waals surface area contributed by atoms with Crippen LogP contribution < -0.4 is 24.6 Å². The molecule has 1 aliphatic rings. The van der Waals surface area contributed by atoms with Gasteiger partial charge in [-0.2, -0.15) is 0 Å². The van der Waals surface area contributed by atoms with E-state index in [1.165, 1.54) is 29.0 Å². The zero-order valence-corrected chi connectivity index (χ0v) is 17.8. The molecule has 2 aromatic rings. The topological polar surface area (TPSA) is 55.2 Å². The largest absolute Gasteiger partial charge is 0.493 e. The van der Waals surface area contributed by atoms with Gasteiger partial charge in [0.05, 0.1) is 39.4 Å².